The number of nitrogens with zero attached hydrogens (tertiary/aromatic N) is 1. The van der Waals surface area contributed by atoms with Crippen LogP contribution in [0.3, 0.4) is 0 Å². The molecule has 6 heteroatoms. The number of anilines is 3. The maximum absolute atomic E-state index is 12.2. The lowest BCUT2D eigenvalue weighted by atomic mass is 9.97. The summed E-state index contributed by atoms with van der Waals surface area (Å²) in [4.78, 5) is 26.0. The van der Waals surface area contributed by atoms with Gasteiger partial charge in [-0.05, 0) is 73.6 Å². The topological polar surface area (TPSA) is 73.5 Å². The van der Waals surface area contributed by atoms with Crippen LogP contribution in [0.15, 0.2) is 36.4 Å². The zero-order chi connectivity index (χ0) is 22.7. The molecule has 2 fully saturated rings. The number of hydrogen-bond donors (Lipinski definition) is 3. The molecule has 0 aliphatic carbocycles. The van der Waals surface area contributed by atoms with Gasteiger partial charge in [-0.25, -0.2) is 0 Å². The SMILES string of the molecule is Cc1cc(Nc2ccc(CNC(=O)C3CNC(=O)C3)cc2)cc(C)c1N1CCC(C)CC1. The van der Waals surface area contributed by atoms with Crippen LogP contribution in [0.25, 0.3) is 0 Å². The van der Waals surface area contributed by atoms with Crippen molar-refractivity contribution >= 4 is 28.9 Å². The number of carbonyl (C=O) groups is 2. The molecule has 0 radical (unpaired) electrons. The quantitative estimate of drug-likeness (QED) is 0.642. The molecule has 6 nitrogen and oxygen atoms in total. The van der Waals surface area contributed by atoms with Crippen molar-refractivity contribution in [3.63, 3.8) is 0 Å². The van der Waals surface area contributed by atoms with Crippen molar-refractivity contribution in [3.8, 4) is 0 Å². The van der Waals surface area contributed by atoms with E-state index in [4.69, 9.17) is 0 Å². The van der Waals surface area contributed by atoms with E-state index < -0.39 is 0 Å². The van der Waals surface area contributed by atoms with Crippen LogP contribution in [0.5, 0.6) is 0 Å². The fraction of sp³-hybridized carbons (Fsp3) is 0.462. The highest BCUT2D eigenvalue weighted by Crippen LogP contribution is 2.32. The van der Waals surface area contributed by atoms with Crippen LogP contribution in [0, 0.1) is 25.7 Å². The van der Waals surface area contributed by atoms with Crippen LogP contribution < -0.4 is 20.9 Å². The largest absolute Gasteiger partial charge is 0.371 e. The van der Waals surface area contributed by atoms with E-state index in [9.17, 15) is 9.59 Å². The second-order valence-electron chi connectivity index (χ2n) is 9.37. The standard InChI is InChI=1S/C26H34N4O2/c1-17-8-10-30(11-9-17)25-18(2)12-23(13-19(25)3)29-22-6-4-20(5-7-22)15-28-26(32)21-14-24(31)27-16-21/h4-7,12-13,17,21,29H,8-11,14-16H2,1-3H3,(H,27,31)(H,28,32). The molecule has 0 spiro atoms. The second-order valence-corrected chi connectivity index (χ2v) is 9.37. The highest BCUT2D eigenvalue weighted by Gasteiger charge is 2.27. The molecule has 170 valence electrons. The molecule has 2 saturated heterocycles. The van der Waals surface area contributed by atoms with Crippen molar-refractivity contribution in [2.45, 2.75) is 46.6 Å². The molecule has 32 heavy (non-hydrogen) atoms. The van der Waals surface area contributed by atoms with E-state index >= 15 is 0 Å². The Bertz CT molecular complexity index is 955. The van der Waals surface area contributed by atoms with Gasteiger partial charge in [-0.2, -0.15) is 0 Å². The first-order chi connectivity index (χ1) is 15.4. The van der Waals surface area contributed by atoms with E-state index in [1.165, 1.54) is 29.7 Å². The summed E-state index contributed by atoms with van der Waals surface area (Å²) in [5.74, 6) is 0.448. The molecule has 1 unspecified atom stereocenters. The Balaban J connectivity index is 1.35. The van der Waals surface area contributed by atoms with E-state index in [0.29, 0.717) is 13.1 Å². The number of rotatable bonds is 6. The molecule has 2 heterocycles. The third-order valence-electron chi connectivity index (χ3n) is 6.65. The van der Waals surface area contributed by atoms with E-state index in [1.54, 1.807) is 0 Å². The third kappa shape index (κ3) is 5.23. The van der Waals surface area contributed by atoms with Gasteiger partial charge < -0.3 is 20.9 Å². The first-order valence-corrected chi connectivity index (χ1v) is 11.7. The van der Waals surface area contributed by atoms with Crippen molar-refractivity contribution in [2.75, 3.05) is 29.9 Å². The summed E-state index contributed by atoms with van der Waals surface area (Å²) in [6.45, 7) is 9.92. The minimum atomic E-state index is -0.258. The van der Waals surface area contributed by atoms with E-state index in [1.807, 2.05) is 24.3 Å². The lowest BCUT2D eigenvalue weighted by Gasteiger charge is -2.34. The molecule has 2 aromatic rings. The van der Waals surface area contributed by atoms with Gasteiger partial charge in [-0.1, -0.05) is 19.1 Å². The highest BCUT2D eigenvalue weighted by molar-refractivity contribution is 5.89. The maximum atomic E-state index is 12.2. The Hall–Kier alpha value is -3.02. The zero-order valence-corrected chi connectivity index (χ0v) is 19.3. The molecular weight excluding hydrogens is 400 g/mol. The van der Waals surface area contributed by atoms with Crippen molar-refractivity contribution in [1.82, 2.24) is 10.6 Å². The summed E-state index contributed by atoms with van der Waals surface area (Å²) in [5.41, 5.74) is 7.14. The Morgan fingerprint density at radius 2 is 1.72 bits per heavy atom. The summed E-state index contributed by atoms with van der Waals surface area (Å²) in [5, 5.41) is 9.14. The first kappa shape index (κ1) is 22.2. The van der Waals surface area contributed by atoms with Gasteiger partial charge in [-0.15, -0.1) is 0 Å². The molecule has 2 aliphatic rings. The van der Waals surface area contributed by atoms with Crippen molar-refractivity contribution < 1.29 is 9.59 Å². The lowest BCUT2D eigenvalue weighted by molar-refractivity contribution is -0.126. The first-order valence-electron chi connectivity index (χ1n) is 11.7. The molecule has 2 aromatic carbocycles. The summed E-state index contributed by atoms with van der Waals surface area (Å²) in [6.07, 6.45) is 2.81. The molecule has 4 rings (SSSR count). The molecule has 3 N–H and O–H groups in total. The predicted molar refractivity (Wildman–Crippen MR) is 129 cm³/mol. The Morgan fingerprint density at radius 3 is 2.31 bits per heavy atom. The lowest BCUT2D eigenvalue weighted by Crippen LogP contribution is -2.33. The smallest absolute Gasteiger partial charge is 0.225 e. The van der Waals surface area contributed by atoms with Crippen LogP contribution in [0.4, 0.5) is 17.1 Å². The predicted octanol–water partition coefficient (Wildman–Crippen LogP) is 4.04. The normalized spacial score (nSPS) is 19.0. The van der Waals surface area contributed by atoms with Crippen LogP contribution in [-0.4, -0.2) is 31.4 Å². The summed E-state index contributed by atoms with van der Waals surface area (Å²) in [6, 6.07) is 12.6. The molecular formula is C26H34N4O2. The van der Waals surface area contributed by atoms with E-state index in [0.717, 1.165) is 35.9 Å². The van der Waals surface area contributed by atoms with Gasteiger partial charge in [0.15, 0.2) is 0 Å². The minimum Gasteiger partial charge on any atom is -0.371 e. The number of hydrogen-bond acceptors (Lipinski definition) is 4. The van der Waals surface area contributed by atoms with Gasteiger partial charge in [0.05, 0.1) is 5.92 Å². The van der Waals surface area contributed by atoms with Crippen LogP contribution in [0.1, 0.15) is 42.9 Å². The molecule has 0 bridgehead atoms. The average molecular weight is 435 g/mol. The Labute approximate surface area is 190 Å². The molecule has 0 saturated carbocycles. The number of carbonyl (C=O) groups excluding carboxylic acids is 2. The van der Waals surface area contributed by atoms with Gasteiger partial charge >= 0.3 is 0 Å². The second kappa shape index (κ2) is 9.63. The van der Waals surface area contributed by atoms with E-state index in [2.05, 4.69) is 53.8 Å². The number of amides is 2. The van der Waals surface area contributed by atoms with E-state index in [-0.39, 0.29) is 24.2 Å². The monoisotopic (exact) mass is 434 g/mol. The van der Waals surface area contributed by atoms with Crippen molar-refractivity contribution in [3.05, 3.63) is 53.1 Å². The molecule has 2 aliphatic heterocycles. The maximum Gasteiger partial charge on any atom is 0.225 e. The van der Waals surface area contributed by atoms with Gasteiger partial charge in [-0.3, -0.25) is 9.59 Å². The Kier molecular flexibility index (Phi) is 6.68. The number of nitrogens with one attached hydrogen (secondary N) is 3. The van der Waals surface area contributed by atoms with Gasteiger partial charge in [0.2, 0.25) is 11.8 Å². The number of benzene rings is 2. The van der Waals surface area contributed by atoms with Crippen molar-refractivity contribution in [2.24, 2.45) is 11.8 Å². The number of aryl methyl sites for hydroxylation is 2. The average Bonchev–Trinajstić information content (AvgIpc) is 3.20. The third-order valence-corrected chi connectivity index (χ3v) is 6.65. The van der Waals surface area contributed by atoms with Gasteiger partial charge in [0.25, 0.3) is 0 Å². The number of piperidine rings is 1. The van der Waals surface area contributed by atoms with Gasteiger partial charge in [0, 0.05) is 49.7 Å². The van der Waals surface area contributed by atoms with Crippen LogP contribution >= 0.6 is 0 Å². The molecule has 0 aromatic heterocycles. The Morgan fingerprint density at radius 1 is 1.06 bits per heavy atom. The van der Waals surface area contributed by atoms with Crippen molar-refractivity contribution in [1.29, 1.82) is 0 Å². The van der Waals surface area contributed by atoms with Crippen LogP contribution in [0.2, 0.25) is 0 Å². The van der Waals surface area contributed by atoms with Crippen LogP contribution in [-0.2, 0) is 16.1 Å². The fourth-order valence-electron chi connectivity index (χ4n) is 4.76. The zero-order valence-electron chi connectivity index (χ0n) is 19.3. The van der Waals surface area contributed by atoms with Gasteiger partial charge in [0.1, 0.15) is 0 Å². The fourth-order valence-corrected chi connectivity index (χ4v) is 4.76. The summed E-state index contributed by atoms with van der Waals surface area (Å²) in [7, 11) is 0. The summed E-state index contributed by atoms with van der Waals surface area (Å²) >= 11 is 0. The highest BCUT2D eigenvalue weighted by atomic mass is 16.2. The molecule has 1 atom stereocenters. The molecule has 2 amide bonds. The minimum absolute atomic E-state index is 0.0513. The summed E-state index contributed by atoms with van der Waals surface area (Å²) < 4.78 is 0.